The smallest absolute Gasteiger partial charge is 0.335 e. The van der Waals surface area contributed by atoms with E-state index in [9.17, 15) is 4.79 Å². The first-order valence-electron chi connectivity index (χ1n) is 5.90. The summed E-state index contributed by atoms with van der Waals surface area (Å²) in [7, 11) is 2.05. The van der Waals surface area contributed by atoms with Crippen LogP contribution in [0.1, 0.15) is 20.8 Å². The van der Waals surface area contributed by atoms with Gasteiger partial charge in [-0.2, -0.15) is 0 Å². The fourth-order valence-corrected chi connectivity index (χ4v) is 4.11. The van der Waals surface area contributed by atoms with E-state index in [1.807, 2.05) is 19.2 Å². The summed E-state index contributed by atoms with van der Waals surface area (Å²) in [4.78, 5) is 14.3. The van der Waals surface area contributed by atoms with E-state index in [0.29, 0.717) is 5.56 Å². The number of hydrogen-bond acceptors (Lipinski definition) is 3. The fourth-order valence-electron chi connectivity index (χ4n) is 1.86. The number of rotatable bonds is 5. The van der Waals surface area contributed by atoms with Gasteiger partial charge in [-0.25, -0.2) is 4.79 Å². The van der Waals surface area contributed by atoms with E-state index in [0.717, 1.165) is 26.9 Å². The predicted octanol–water partition coefficient (Wildman–Crippen LogP) is 4.60. The van der Waals surface area contributed by atoms with Crippen LogP contribution in [0.15, 0.2) is 38.6 Å². The second-order valence-corrected chi connectivity index (χ2v) is 7.82. The molecule has 6 heteroatoms. The quantitative estimate of drug-likeness (QED) is 0.770. The minimum atomic E-state index is -0.891. The molecule has 0 aliphatic heterocycles. The van der Waals surface area contributed by atoms with E-state index in [1.54, 1.807) is 23.5 Å². The Morgan fingerprint density at radius 3 is 2.40 bits per heavy atom. The molecule has 0 spiro atoms. The second kappa shape index (κ2) is 6.85. The first-order valence-corrected chi connectivity index (χ1v) is 8.30. The normalized spacial score (nSPS) is 11.0. The lowest BCUT2D eigenvalue weighted by molar-refractivity contribution is 0.0697. The first kappa shape index (κ1) is 15.7. The van der Waals surface area contributed by atoms with Crippen molar-refractivity contribution in [3.63, 3.8) is 0 Å². The zero-order valence-corrected chi connectivity index (χ0v) is 14.8. The molecule has 0 atom stereocenters. The average molecular weight is 419 g/mol. The zero-order chi connectivity index (χ0) is 14.7. The monoisotopic (exact) mass is 417 g/mol. The summed E-state index contributed by atoms with van der Waals surface area (Å²) < 4.78 is 2.18. The van der Waals surface area contributed by atoms with Gasteiger partial charge in [0, 0.05) is 22.4 Å². The molecule has 1 aromatic heterocycles. The van der Waals surface area contributed by atoms with Gasteiger partial charge in [0.25, 0.3) is 0 Å². The molecule has 0 unspecified atom stereocenters. The molecule has 2 rings (SSSR count). The lowest BCUT2D eigenvalue weighted by atomic mass is 10.1. The maximum Gasteiger partial charge on any atom is 0.335 e. The summed E-state index contributed by atoms with van der Waals surface area (Å²) in [5, 5.41) is 8.86. The molecule has 1 heterocycles. The molecule has 106 valence electrons. The van der Waals surface area contributed by atoms with Gasteiger partial charge in [-0.1, -0.05) is 12.1 Å². The average Bonchev–Trinajstić information content (AvgIpc) is 2.68. The van der Waals surface area contributed by atoms with E-state index < -0.39 is 5.97 Å². The molecule has 0 aliphatic rings. The molecule has 0 amide bonds. The maximum atomic E-state index is 10.8. The highest BCUT2D eigenvalue weighted by Crippen LogP contribution is 2.32. The van der Waals surface area contributed by atoms with Gasteiger partial charge in [-0.15, -0.1) is 11.3 Å². The van der Waals surface area contributed by atoms with Crippen molar-refractivity contribution in [2.75, 3.05) is 7.05 Å². The van der Waals surface area contributed by atoms with Gasteiger partial charge in [0.2, 0.25) is 0 Å². The van der Waals surface area contributed by atoms with E-state index in [2.05, 4.69) is 42.8 Å². The van der Waals surface area contributed by atoms with Crippen molar-refractivity contribution in [1.29, 1.82) is 0 Å². The van der Waals surface area contributed by atoms with E-state index >= 15 is 0 Å². The molecule has 0 saturated carbocycles. The lowest BCUT2D eigenvalue weighted by Crippen LogP contribution is -2.16. The van der Waals surface area contributed by atoms with Crippen LogP contribution >= 0.6 is 43.2 Å². The number of thiophene rings is 1. The Kier molecular flexibility index (Phi) is 5.37. The number of carboxylic acid groups (broad SMARTS) is 1. The van der Waals surface area contributed by atoms with Crippen molar-refractivity contribution in [2.24, 2.45) is 0 Å². The Labute approximate surface area is 138 Å². The Hall–Kier alpha value is -0.690. The maximum absolute atomic E-state index is 10.8. The molecular formula is C14H13Br2NO2S. The SMILES string of the molecule is CN(Cc1ccc(C(=O)O)cc1)Cc1cc(Br)c(Br)s1. The van der Waals surface area contributed by atoms with Crippen LogP contribution in [-0.4, -0.2) is 23.0 Å². The molecule has 2 aromatic rings. The molecule has 0 saturated heterocycles. The van der Waals surface area contributed by atoms with Crippen LogP contribution in [-0.2, 0) is 13.1 Å². The number of hydrogen-bond donors (Lipinski definition) is 1. The van der Waals surface area contributed by atoms with Gasteiger partial charge in [0.1, 0.15) is 0 Å². The third-order valence-corrected chi connectivity index (χ3v) is 6.02. The summed E-state index contributed by atoms with van der Waals surface area (Å²) in [6, 6.07) is 9.12. The predicted molar refractivity (Wildman–Crippen MR) is 88.3 cm³/mol. The highest BCUT2D eigenvalue weighted by molar-refractivity contribution is 9.13. The summed E-state index contributed by atoms with van der Waals surface area (Å²) in [5.74, 6) is -0.891. The highest BCUT2D eigenvalue weighted by Gasteiger charge is 2.08. The lowest BCUT2D eigenvalue weighted by Gasteiger charge is -2.15. The molecule has 0 aliphatic carbocycles. The van der Waals surface area contributed by atoms with Crippen LogP contribution in [0.2, 0.25) is 0 Å². The van der Waals surface area contributed by atoms with Crippen molar-refractivity contribution in [1.82, 2.24) is 4.90 Å². The molecule has 0 fully saturated rings. The minimum absolute atomic E-state index is 0.322. The van der Waals surface area contributed by atoms with Crippen LogP contribution < -0.4 is 0 Å². The third kappa shape index (κ3) is 4.15. The topological polar surface area (TPSA) is 40.5 Å². The van der Waals surface area contributed by atoms with Crippen molar-refractivity contribution < 1.29 is 9.90 Å². The second-order valence-electron chi connectivity index (χ2n) is 4.51. The summed E-state index contributed by atoms with van der Waals surface area (Å²) >= 11 is 8.69. The van der Waals surface area contributed by atoms with E-state index in [-0.39, 0.29) is 0 Å². The zero-order valence-electron chi connectivity index (χ0n) is 10.8. The molecule has 1 aromatic carbocycles. The van der Waals surface area contributed by atoms with Gasteiger partial charge in [0.15, 0.2) is 0 Å². The number of aromatic carboxylic acids is 1. The molecule has 3 nitrogen and oxygen atoms in total. The van der Waals surface area contributed by atoms with Crippen LogP contribution in [0.25, 0.3) is 0 Å². The first-order chi connectivity index (χ1) is 9.45. The number of halogens is 2. The van der Waals surface area contributed by atoms with Gasteiger partial charge < -0.3 is 5.11 Å². The summed E-state index contributed by atoms with van der Waals surface area (Å²) in [6.45, 7) is 1.64. The number of carbonyl (C=O) groups is 1. The van der Waals surface area contributed by atoms with Gasteiger partial charge in [0.05, 0.1) is 9.35 Å². The van der Waals surface area contributed by atoms with Crippen LogP contribution in [0, 0.1) is 0 Å². The standard InChI is InChI=1S/C14H13Br2NO2S/c1-17(8-11-6-12(15)13(16)20-11)7-9-2-4-10(5-3-9)14(18)19/h2-6H,7-8H2,1H3,(H,18,19). The van der Waals surface area contributed by atoms with E-state index in [4.69, 9.17) is 5.11 Å². The minimum Gasteiger partial charge on any atom is -0.478 e. The fraction of sp³-hybridized carbons (Fsp3) is 0.214. The van der Waals surface area contributed by atoms with Crippen molar-refractivity contribution in [3.8, 4) is 0 Å². The van der Waals surface area contributed by atoms with Crippen LogP contribution in [0.3, 0.4) is 0 Å². The highest BCUT2D eigenvalue weighted by atomic mass is 79.9. The molecule has 0 bridgehead atoms. The summed E-state index contributed by atoms with van der Waals surface area (Å²) in [5.41, 5.74) is 1.43. The van der Waals surface area contributed by atoms with Crippen molar-refractivity contribution >= 4 is 49.2 Å². The van der Waals surface area contributed by atoms with Crippen LogP contribution in [0.5, 0.6) is 0 Å². The molecule has 0 radical (unpaired) electrons. The van der Waals surface area contributed by atoms with Gasteiger partial charge in [-0.3, -0.25) is 4.90 Å². The third-order valence-electron chi connectivity index (χ3n) is 2.78. The van der Waals surface area contributed by atoms with E-state index in [1.165, 1.54) is 4.88 Å². The number of carboxylic acids is 1. The Bertz CT molecular complexity index is 591. The number of nitrogens with zero attached hydrogens (tertiary/aromatic N) is 1. The number of benzene rings is 1. The van der Waals surface area contributed by atoms with Gasteiger partial charge >= 0.3 is 5.97 Å². The molecular weight excluding hydrogens is 406 g/mol. The summed E-state index contributed by atoms with van der Waals surface area (Å²) in [6.07, 6.45) is 0. The van der Waals surface area contributed by atoms with Crippen molar-refractivity contribution in [2.45, 2.75) is 13.1 Å². The Balaban J connectivity index is 1.97. The Morgan fingerprint density at radius 2 is 1.90 bits per heavy atom. The Morgan fingerprint density at radius 1 is 1.25 bits per heavy atom. The van der Waals surface area contributed by atoms with Gasteiger partial charge in [-0.05, 0) is 62.7 Å². The molecule has 1 N–H and O–H groups in total. The largest absolute Gasteiger partial charge is 0.478 e. The molecule has 20 heavy (non-hydrogen) atoms. The van der Waals surface area contributed by atoms with Crippen LogP contribution in [0.4, 0.5) is 0 Å². The van der Waals surface area contributed by atoms with Crippen molar-refractivity contribution in [3.05, 3.63) is 54.6 Å².